The van der Waals surface area contributed by atoms with Crippen molar-refractivity contribution < 1.29 is 21.8 Å². The van der Waals surface area contributed by atoms with E-state index in [1.165, 1.54) is 66.8 Å². The van der Waals surface area contributed by atoms with Crippen LogP contribution in [0.15, 0.2) is 126 Å². The molecule has 2 unspecified atom stereocenters. The van der Waals surface area contributed by atoms with Gasteiger partial charge >= 0.3 is 349 Å². The summed E-state index contributed by atoms with van der Waals surface area (Å²) in [7, 11) is -0.623. The van der Waals surface area contributed by atoms with Gasteiger partial charge in [0.25, 0.3) is 0 Å². The molecule has 56 heavy (non-hydrogen) atoms. The van der Waals surface area contributed by atoms with Gasteiger partial charge in [-0.2, -0.15) is 0 Å². The minimum atomic E-state index is -2.88. The molecule has 0 radical (unpaired) electrons. The second-order valence-electron chi connectivity index (χ2n) is 17.7. The predicted molar refractivity (Wildman–Crippen MR) is 242 cm³/mol. The molecule has 0 bridgehead atoms. The van der Waals surface area contributed by atoms with Crippen molar-refractivity contribution in [1.82, 2.24) is 0 Å². The Morgan fingerprint density at radius 3 is 1.46 bits per heavy atom. The normalized spacial score (nSPS) is 16.9. The Bertz CT molecular complexity index is 2450. The van der Waals surface area contributed by atoms with Crippen molar-refractivity contribution in [2.45, 2.75) is 75.5 Å². The molecule has 2 atom stereocenters. The van der Waals surface area contributed by atoms with E-state index in [4.69, 9.17) is 0 Å². The number of benzene rings is 6. The molecule has 0 fully saturated rings. The topological polar surface area (TPSA) is 0 Å². The zero-order valence-electron chi connectivity index (χ0n) is 34.6. The molecule has 6 aromatic carbocycles. The summed E-state index contributed by atoms with van der Waals surface area (Å²) in [6.45, 7) is 18.9. The maximum atomic E-state index is 2.70. The zero-order valence-corrected chi connectivity index (χ0v) is 38.4. The molecule has 0 saturated carbocycles. The third-order valence-electron chi connectivity index (χ3n) is 13.2. The van der Waals surface area contributed by atoms with Gasteiger partial charge in [-0.05, 0) is 0 Å². The Hall–Kier alpha value is -4.10. The van der Waals surface area contributed by atoms with Gasteiger partial charge in [0.05, 0.1) is 0 Å². The standard InChI is InChI=1S/2C21H23.C12H9Si.Zr/c2*1-14(2)11-17-12-18-8-6-10-20(21(18)13-17)19-9-5-7-15(3)16(19)4;1-3-7-11-9(5-1)10-6-2-4-8-12(10)13-11;/h2*5-10,12-14H,11H2,1-4H3;1-7H,13H2;. The first-order chi connectivity index (χ1) is 27.1. The van der Waals surface area contributed by atoms with Crippen LogP contribution in [-0.2, 0) is 21.8 Å². The van der Waals surface area contributed by atoms with Gasteiger partial charge in [0.15, 0.2) is 0 Å². The van der Waals surface area contributed by atoms with E-state index in [1.807, 2.05) is 0 Å². The van der Waals surface area contributed by atoms with Gasteiger partial charge in [0.1, 0.15) is 0 Å². The Morgan fingerprint density at radius 1 is 0.482 bits per heavy atom. The van der Waals surface area contributed by atoms with Crippen LogP contribution in [0, 0.1) is 39.5 Å². The van der Waals surface area contributed by atoms with Gasteiger partial charge in [0, 0.05) is 0 Å². The molecule has 0 saturated heterocycles. The number of allylic oxidation sites excluding steroid dienone is 2. The molecule has 2 aliphatic carbocycles. The number of hydrogen-bond acceptors (Lipinski definition) is 0. The summed E-state index contributed by atoms with van der Waals surface area (Å²) in [4.78, 5) is 0. The fourth-order valence-electron chi connectivity index (χ4n) is 10.4. The molecule has 9 rings (SSSR count). The van der Waals surface area contributed by atoms with E-state index in [0.29, 0.717) is 19.1 Å². The van der Waals surface area contributed by atoms with Gasteiger partial charge in [-0.25, -0.2) is 0 Å². The van der Waals surface area contributed by atoms with Crippen LogP contribution >= 0.6 is 0 Å². The number of rotatable bonds is 9. The van der Waals surface area contributed by atoms with Gasteiger partial charge in [-0.15, -0.1) is 0 Å². The second-order valence-corrected chi connectivity index (χ2v) is 26.0. The van der Waals surface area contributed by atoms with E-state index >= 15 is 0 Å². The molecule has 0 N–H and O–H groups in total. The van der Waals surface area contributed by atoms with Crippen LogP contribution in [0.1, 0.15) is 92.3 Å². The molecule has 1 aliphatic heterocycles. The van der Waals surface area contributed by atoms with Crippen molar-refractivity contribution in [1.29, 1.82) is 0 Å². The Labute approximate surface area is 346 Å². The van der Waals surface area contributed by atoms with Crippen molar-refractivity contribution in [3.8, 4) is 33.4 Å². The van der Waals surface area contributed by atoms with Crippen molar-refractivity contribution in [2.24, 2.45) is 11.8 Å². The molecular formula is C54H55SiZr. The average molecular weight is 823 g/mol. The molecule has 6 aromatic rings. The predicted octanol–water partition coefficient (Wildman–Crippen LogP) is 12.0. The van der Waals surface area contributed by atoms with Gasteiger partial charge in [-0.1, -0.05) is 0 Å². The van der Waals surface area contributed by atoms with Crippen molar-refractivity contribution in [3.63, 3.8) is 0 Å². The van der Waals surface area contributed by atoms with Crippen LogP contribution < -0.4 is 13.6 Å². The SMILES string of the molecule is Cc1cccc(-c2cccc3c2C=C(CC(C)C)[CH]3[Zr]([c]2cccc3c2[SiH2]c2ccccc2-3)[CH]2C(CC(C)C)=Cc3c(-c4cccc(C)c4C)cccc32)c1C. The molecular weight excluding hydrogens is 768 g/mol. The van der Waals surface area contributed by atoms with E-state index in [9.17, 15) is 0 Å². The summed E-state index contributed by atoms with van der Waals surface area (Å²) in [6, 6.07) is 45.3. The third-order valence-corrected chi connectivity index (χ3v) is 25.2. The zero-order chi connectivity index (χ0) is 38.8. The molecule has 279 valence electrons. The molecule has 0 nitrogen and oxygen atoms in total. The fraction of sp³-hybridized carbons (Fsp3) is 0.259. The molecule has 0 aromatic heterocycles. The van der Waals surface area contributed by atoms with E-state index in [0.717, 1.165) is 12.8 Å². The van der Waals surface area contributed by atoms with Gasteiger partial charge < -0.3 is 0 Å². The summed E-state index contributed by atoms with van der Waals surface area (Å²) in [5, 5.41) is 3.38. The molecule has 0 spiro atoms. The molecule has 1 heterocycles. The Balaban J connectivity index is 1.33. The summed E-state index contributed by atoms with van der Waals surface area (Å²) >= 11 is -2.88. The van der Waals surface area contributed by atoms with Crippen LogP contribution in [-0.4, -0.2) is 9.52 Å². The monoisotopic (exact) mass is 821 g/mol. The van der Waals surface area contributed by atoms with E-state index in [2.05, 4.69) is 183 Å². The first-order valence-electron chi connectivity index (χ1n) is 21.0. The third kappa shape index (κ3) is 6.37. The van der Waals surface area contributed by atoms with Crippen LogP contribution in [0.5, 0.6) is 0 Å². The molecule has 3 aliphatic rings. The summed E-state index contributed by atoms with van der Waals surface area (Å²) in [5.41, 5.74) is 23.8. The maximum absolute atomic E-state index is 2.88. The second kappa shape index (κ2) is 15.0. The van der Waals surface area contributed by atoms with Gasteiger partial charge in [-0.3, -0.25) is 0 Å². The van der Waals surface area contributed by atoms with Crippen LogP contribution in [0.4, 0.5) is 0 Å². The average Bonchev–Trinajstić information content (AvgIpc) is 3.85. The van der Waals surface area contributed by atoms with Crippen molar-refractivity contribution in [2.75, 3.05) is 0 Å². The van der Waals surface area contributed by atoms with E-state index in [-0.39, 0.29) is 0 Å². The summed E-state index contributed by atoms with van der Waals surface area (Å²) in [5.74, 6) is 1.17. The fourth-order valence-corrected chi connectivity index (χ4v) is 24.3. The quantitative estimate of drug-likeness (QED) is 0.127. The first kappa shape index (κ1) is 37.5. The van der Waals surface area contributed by atoms with Crippen LogP contribution in [0.25, 0.3) is 45.5 Å². The first-order valence-corrected chi connectivity index (χ1v) is 26.5. The van der Waals surface area contributed by atoms with E-state index in [1.54, 1.807) is 35.9 Å². The Morgan fingerprint density at radius 2 is 0.929 bits per heavy atom. The number of fused-ring (bicyclic) bond motifs is 5. The van der Waals surface area contributed by atoms with E-state index < -0.39 is 31.3 Å². The van der Waals surface area contributed by atoms with Crippen molar-refractivity contribution in [3.05, 3.63) is 171 Å². The molecule has 0 amide bonds. The molecule has 2 heteroatoms. The van der Waals surface area contributed by atoms with Crippen LogP contribution in [0.3, 0.4) is 0 Å². The number of aryl methyl sites for hydroxylation is 2. The minimum absolute atomic E-state index is 0.472. The summed E-state index contributed by atoms with van der Waals surface area (Å²) in [6.07, 6.45) is 7.68. The van der Waals surface area contributed by atoms with Crippen molar-refractivity contribution >= 4 is 35.3 Å². The summed E-state index contributed by atoms with van der Waals surface area (Å²) < 4.78 is 2.74. The number of hydrogen-bond donors (Lipinski definition) is 0. The Kier molecular flexibility index (Phi) is 10.0. The van der Waals surface area contributed by atoms with Crippen LogP contribution in [0.2, 0.25) is 0 Å². The van der Waals surface area contributed by atoms with Gasteiger partial charge in [0.2, 0.25) is 0 Å².